The number of nitrogen functional groups attached to an aromatic ring is 1. The first kappa shape index (κ1) is 12.8. The van der Waals surface area contributed by atoms with Crippen LogP contribution < -0.4 is 11.1 Å². The molecule has 3 N–H and O–H groups in total. The van der Waals surface area contributed by atoms with Crippen molar-refractivity contribution >= 4 is 11.7 Å². The molecule has 5 heteroatoms. The molecule has 0 saturated heterocycles. The highest BCUT2D eigenvalue weighted by atomic mass is 19.1. The summed E-state index contributed by atoms with van der Waals surface area (Å²) in [6.45, 7) is 2.17. The molecule has 0 radical (unpaired) electrons. The van der Waals surface area contributed by atoms with Crippen molar-refractivity contribution < 1.29 is 9.18 Å². The molecule has 1 aromatic rings. The molecular formula is C13H18FN3O. The van der Waals surface area contributed by atoms with Crippen LogP contribution in [0.4, 0.5) is 10.2 Å². The molecule has 4 nitrogen and oxygen atoms in total. The number of rotatable bonds is 2. The van der Waals surface area contributed by atoms with Crippen molar-refractivity contribution in [3.8, 4) is 0 Å². The third kappa shape index (κ3) is 2.78. The van der Waals surface area contributed by atoms with Gasteiger partial charge >= 0.3 is 0 Å². The largest absolute Gasteiger partial charge is 0.381 e. The summed E-state index contributed by atoms with van der Waals surface area (Å²) >= 11 is 0. The zero-order valence-electron chi connectivity index (χ0n) is 10.4. The lowest BCUT2D eigenvalue weighted by Gasteiger charge is -2.27. The second-order valence-corrected chi connectivity index (χ2v) is 5.00. The summed E-state index contributed by atoms with van der Waals surface area (Å²) in [5.74, 6) is -0.768. The van der Waals surface area contributed by atoms with Crippen LogP contribution in [0, 0.1) is 11.7 Å². The number of carbonyl (C=O) groups is 1. The number of nitrogens with one attached hydrogen (secondary N) is 1. The van der Waals surface area contributed by atoms with Crippen molar-refractivity contribution in [3.05, 3.63) is 23.6 Å². The third-order valence-electron chi connectivity index (χ3n) is 3.43. The Hall–Kier alpha value is -1.65. The van der Waals surface area contributed by atoms with Crippen LogP contribution in [-0.4, -0.2) is 16.9 Å². The maximum atomic E-state index is 13.6. The number of nitrogens with zero attached hydrogens (tertiary/aromatic N) is 1. The van der Waals surface area contributed by atoms with E-state index in [-0.39, 0.29) is 17.4 Å². The molecule has 1 fully saturated rings. The number of aromatic nitrogens is 1. The number of carbonyl (C=O) groups excluding carboxylic acids is 1. The molecule has 0 aliphatic heterocycles. The van der Waals surface area contributed by atoms with Gasteiger partial charge in [-0.25, -0.2) is 9.37 Å². The van der Waals surface area contributed by atoms with Gasteiger partial charge in [-0.3, -0.25) is 4.79 Å². The van der Waals surface area contributed by atoms with Crippen LogP contribution in [0.5, 0.6) is 0 Å². The van der Waals surface area contributed by atoms with Gasteiger partial charge in [0.15, 0.2) is 11.6 Å². The summed E-state index contributed by atoms with van der Waals surface area (Å²) in [6.07, 6.45) is 5.55. The van der Waals surface area contributed by atoms with Crippen LogP contribution in [0.15, 0.2) is 12.3 Å². The van der Waals surface area contributed by atoms with E-state index >= 15 is 0 Å². The summed E-state index contributed by atoms with van der Waals surface area (Å²) in [5, 5.41) is 2.87. The van der Waals surface area contributed by atoms with E-state index < -0.39 is 11.7 Å². The van der Waals surface area contributed by atoms with Crippen molar-refractivity contribution in [1.82, 2.24) is 10.3 Å². The molecule has 1 saturated carbocycles. The van der Waals surface area contributed by atoms with Crippen LogP contribution in [0.1, 0.15) is 43.0 Å². The maximum absolute atomic E-state index is 13.6. The fraction of sp³-hybridized carbons (Fsp3) is 0.538. The Labute approximate surface area is 106 Å². The van der Waals surface area contributed by atoms with E-state index in [1.54, 1.807) is 0 Å². The van der Waals surface area contributed by atoms with Crippen LogP contribution >= 0.6 is 0 Å². The highest BCUT2D eigenvalue weighted by Crippen LogP contribution is 2.24. The van der Waals surface area contributed by atoms with Crippen LogP contribution in [0.2, 0.25) is 0 Å². The Morgan fingerprint density at radius 1 is 1.56 bits per heavy atom. The highest BCUT2D eigenvalue weighted by molar-refractivity contribution is 5.95. The number of nitrogens with two attached hydrogens (primary N) is 1. The second kappa shape index (κ2) is 5.33. The summed E-state index contributed by atoms with van der Waals surface area (Å²) in [7, 11) is 0. The van der Waals surface area contributed by atoms with Crippen molar-refractivity contribution in [2.75, 3.05) is 5.73 Å². The summed E-state index contributed by atoms with van der Waals surface area (Å²) in [4.78, 5) is 15.6. The van der Waals surface area contributed by atoms with E-state index in [0.29, 0.717) is 5.92 Å². The van der Waals surface area contributed by atoms with Crippen molar-refractivity contribution in [2.45, 2.75) is 38.6 Å². The summed E-state index contributed by atoms with van der Waals surface area (Å²) in [5.41, 5.74) is 5.32. The maximum Gasteiger partial charge on any atom is 0.254 e. The number of anilines is 1. The van der Waals surface area contributed by atoms with Gasteiger partial charge in [0, 0.05) is 12.2 Å². The fourth-order valence-corrected chi connectivity index (χ4v) is 2.46. The summed E-state index contributed by atoms with van der Waals surface area (Å²) in [6, 6.07) is 1.49. The van der Waals surface area contributed by atoms with E-state index in [0.717, 1.165) is 19.3 Å². The second-order valence-electron chi connectivity index (χ2n) is 5.00. The van der Waals surface area contributed by atoms with Gasteiger partial charge in [-0.1, -0.05) is 19.8 Å². The zero-order chi connectivity index (χ0) is 13.1. The van der Waals surface area contributed by atoms with E-state index in [9.17, 15) is 9.18 Å². The Morgan fingerprint density at radius 2 is 2.33 bits per heavy atom. The number of halogens is 1. The summed E-state index contributed by atoms with van der Waals surface area (Å²) < 4.78 is 13.6. The monoisotopic (exact) mass is 251 g/mol. The SMILES string of the molecule is CC1CCCC(NC(=O)c2ccnc(N)c2F)C1. The topological polar surface area (TPSA) is 68.0 Å². The number of hydrogen-bond donors (Lipinski definition) is 2. The molecule has 1 amide bonds. The zero-order valence-corrected chi connectivity index (χ0v) is 10.4. The molecule has 18 heavy (non-hydrogen) atoms. The lowest BCUT2D eigenvalue weighted by molar-refractivity contribution is 0.0917. The number of amides is 1. The Kier molecular flexibility index (Phi) is 3.79. The molecule has 0 aromatic carbocycles. The molecule has 1 aromatic heterocycles. The lowest BCUT2D eigenvalue weighted by atomic mass is 9.87. The predicted molar refractivity (Wildman–Crippen MR) is 67.5 cm³/mol. The van der Waals surface area contributed by atoms with E-state index in [1.807, 2.05) is 0 Å². The molecule has 98 valence electrons. The Morgan fingerprint density at radius 3 is 3.06 bits per heavy atom. The Balaban J connectivity index is 2.05. The van der Waals surface area contributed by atoms with Gasteiger partial charge in [-0.05, 0) is 24.8 Å². The van der Waals surface area contributed by atoms with Crippen LogP contribution in [-0.2, 0) is 0 Å². The molecule has 2 unspecified atom stereocenters. The van der Waals surface area contributed by atoms with Gasteiger partial charge < -0.3 is 11.1 Å². The smallest absolute Gasteiger partial charge is 0.254 e. The standard InChI is InChI=1S/C13H18FN3O/c1-8-3-2-4-9(7-8)17-13(18)10-5-6-16-12(15)11(10)14/h5-6,8-9H,2-4,7H2,1H3,(H2,15,16)(H,17,18). The quantitative estimate of drug-likeness (QED) is 0.846. The van der Waals surface area contributed by atoms with Gasteiger partial charge in [0.25, 0.3) is 5.91 Å². The lowest BCUT2D eigenvalue weighted by Crippen LogP contribution is -2.38. The first-order valence-corrected chi connectivity index (χ1v) is 6.28. The first-order chi connectivity index (χ1) is 8.58. The number of hydrogen-bond acceptors (Lipinski definition) is 3. The highest BCUT2D eigenvalue weighted by Gasteiger charge is 2.22. The van der Waals surface area contributed by atoms with E-state index in [4.69, 9.17) is 5.73 Å². The van der Waals surface area contributed by atoms with Gasteiger partial charge in [0.1, 0.15) is 0 Å². The van der Waals surface area contributed by atoms with Gasteiger partial charge in [-0.15, -0.1) is 0 Å². The van der Waals surface area contributed by atoms with Crippen molar-refractivity contribution in [1.29, 1.82) is 0 Å². The average Bonchev–Trinajstić information content (AvgIpc) is 2.32. The van der Waals surface area contributed by atoms with Gasteiger partial charge in [0.05, 0.1) is 5.56 Å². The van der Waals surface area contributed by atoms with Crippen LogP contribution in [0.25, 0.3) is 0 Å². The fourth-order valence-electron chi connectivity index (χ4n) is 2.46. The molecule has 2 atom stereocenters. The molecular weight excluding hydrogens is 233 g/mol. The molecule has 0 spiro atoms. The third-order valence-corrected chi connectivity index (χ3v) is 3.43. The molecule has 1 heterocycles. The Bertz CT molecular complexity index is 450. The minimum atomic E-state index is -0.737. The average molecular weight is 251 g/mol. The van der Waals surface area contributed by atoms with Crippen molar-refractivity contribution in [2.24, 2.45) is 5.92 Å². The first-order valence-electron chi connectivity index (χ1n) is 6.28. The molecule has 0 bridgehead atoms. The minimum Gasteiger partial charge on any atom is -0.381 e. The molecule has 2 rings (SSSR count). The van der Waals surface area contributed by atoms with E-state index in [1.165, 1.54) is 18.7 Å². The van der Waals surface area contributed by atoms with Gasteiger partial charge in [-0.2, -0.15) is 0 Å². The van der Waals surface area contributed by atoms with E-state index in [2.05, 4.69) is 17.2 Å². The minimum absolute atomic E-state index is 0.0271. The van der Waals surface area contributed by atoms with Gasteiger partial charge in [0.2, 0.25) is 0 Å². The van der Waals surface area contributed by atoms with Crippen molar-refractivity contribution in [3.63, 3.8) is 0 Å². The normalized spacial score (nSPS) is 23.7. The van der Waals surface area contributed by atoms with Crippen LogP contribution in [0.3, 0.4) is 0 Å². The number of pyridine rings is 1. The molecule has 1 aliphatic carbocycles. The predicted octanol–water partition coefficient (Wildman–Crippen LogP) is 2.11. The molecule has 1 aliphatic rings.